The lowest BCUT2D eigenvalue weighted by Crippen LogP contribution is -2.29. The second-order valence-electron chi connectivity index (χ2n) is 7.37. The zero-order valence-corrected chi connectivity index (χ0v) is 17.4. The van der Waals surface area contributed by atoms with E-state index in [0.717, 1.165) is 47.4 Å². The molecule has 2 unspecified atom stereocenters. The molecule has 2 atom stereocenters. The summed E-state index contributed by atoms with van der Waals surface area (Å²) in [6, 6.07) is 5.14. The number of benzene rings is 1. The molecule has 1 aromatic rings. The lowest BCUT2D eigenvalue weighted by Gasteiger charge is -2.17. The van der Waals surface area contributed by atoms with Crippen LogP contribution in [0.4, 0.5) is 5.69 Å². The molecule has 0 radical (unpaired) electrons. The van der Waals surface area contributed by atoms with Crippen molar-refractivity contribution in [1.82, 2.24) is 0 Å². The summed E-state index contributed by atoms with van der Waals surface area (Å²) in [4.78, 5) is 21.7. The van der Waals surface area contributed by atoms with Crippen molar-refractivity contribution in [2.24, 2.45) is 15.9 Å². The van der Waals surface area contributed by atoms with Crippen LogP contribution in [0.5, 0.6) is 0 Å². The van der Waals surface area contributed by atoms with Crippen LogP contribution in [0.1, 0.15) is 45.6 Å². The third-order valence-corrected chi connectivity index (χ3v) is 5.39. The van der Waals surface area contributed by atoms with Gasteiger partial charge in [-0.25, -0.2) is 0 Å². The van der Waals surface area contributed by atoms with E-state index in [0.29, 0.717) is 10.7 Å². The Hall–Kier alpha value is -2.46. The van der Waals surface area contributed by atoms with Gasteiger partial charge in [0.2, 0.25) is 5.91 Å². The maximum absolute atomic E-state index is 12.7. The maximum Gasteiger partial charge on any atom is 0.249 e. The molecule has 1 aromatic carbocycles. The van der Waals surface area contributed by atoms with Crippen LogP contribution in [-0.2, 0) is 4.79 Å². The summed E-state index contributed by atoms with van der Waals surface area (Å²) in [6.45, 7) is 10.1. The second-order valence-corrected chi connectivity index (χ2v) is 7.78. The molecule has 1 aliphatic carbocycles. The monoisotopic (exact) mass is 395 g/mol. The van der Waals surface area contributed by atoms with Gasteiger partial charge in [-0.2, -0.15) is 0 Å². The number of rotatable bonds is 4. The summed E-state index contributed by atoms with van der Waals surface area (Å²) < 4.78 is 0. The molecule has 1 heterocycles. The average Bonchev–Trinajstić information content (AvgIpc) is 3.00. The van der Waals surface area contributed by atoms with Crippen LogP contribution in [0.3, 0.4) is 0 Å². The Morgan fingerprint density at radius 2 is 2.21 bits per heavy atom. The van der Waals surface area contributed by atoms with Gasteiger partial charge in [-0.05, 0) is 62.8 Å². The van der Waals surface area contributed by atoms with Crippen LogP contribution < -0.4 is 5.32 Å². The molecular formula is C23H26ClN3O. The molecule has 146 valence electrons. The van der Waals surface area contributed by atoms with Crippen molar-refractivity contribution in [3.05, 3.63) is 58.7 Å². The summed E-state index contributed by atoms with van der Waals surface area (Å²) >= 11 is 6.50. The zero-order chi connectivity index (χ0) is 20.3. The van der Waals surface area contributed by atoms with E-state index in [-0.39, 0.29) is 17.9 Å². The minimum absolute atomic E-state index is 0.0900. The normalized spacial score (nSPS) is 23.9. The topological polar surface area (TPSA) is 53.8 Å². The number of carbonyl (C=O) groups excluding carboxylic acids is 1. The quantitative estimate of drug-likeness (QED) is 0.638. The minimum Gasteiger partial charge on any atom is -0.324 e. The summed E-state index contributed by atoms with van der Waals surface area (Å²) in [5.74, 6) is 0.123. The van der Waals surface area contributed by atoms with Crippen LogP contribution >= 0.6 is 11.6 Å². The van der Waals surface area contributed by atoms with Crippen LogP contribution in [0, 0.1) is 5.92 Å². The largest absolute Gasteiger partial charge is 0.324 e. The number of allylic oxidation sites excluding steroid dienone is 4. The van der Waals surface area contributed by atoms with Crippen molar-refractivity contribution in [2.45, 2.75) is 46.1 Å². The van der Waals surface area contributed by atoms with Gasteiger partial charge in [0.05, 0.1) is 10.7 Å². The molecule has 0 saturated carbocycles. The first-order valence-corrected chi connectivity index (χ1v) is 10.00. The Morgan fingerprint density at radius 1 is 1.43 bits per heavy atom. The zero-order valence-electron chi connectivity index (χ0n) is 16.6. The van der Waals surface area contributed by atoms with Crippen LogP contribution in [0.25, 0.3) is 5.70 Å². The van der Waals surface area contributed by atoms with Crippen molar-refractivity contribution < 1.29 is 4.79 Å². The van der Waals surface area contributed by atoms with Crippen molar-refractivity contribution in [3.63, 3.8) is 0 Å². The first-order chi connectivity index (χ1) is 13.4. The van der Waals surface area contributed by atoms with Crippen molar-refractivity contribution in [2.75, 3.05) is 5.32 Å². The highest BCUT2D eigenvalue weighted by Crippen LogP contribution is 2.35. The Labute approximate surface area is 171 Å². The number of nitrogens with one attached hydrogen (secondary N) is 1. The van der Waals surface area contributed by atoms with Gasteiger partial charge in [0.25, 0.3) is 0 Å². The predicted molar refractivity (Wildman–Crippen MR) is 119 cm³/mol. The first kappa shape index (κ1) is 20.3. The van der Waals surface area contributed by atoms with E-state index in [1.165, 1.54) is 0 Å². The van der Waals surface area contributed by atoms with Gasteiger partial charge < -0.3 is 5.32 Å². The lowest BCUT2D eigenvalue weighted by molar-refractivity contribution is -0.118. The van der Waals surface area contributed by atoms with E-state index >= 15 is 0 Å². The number of amides is 1. The van der Waals surface area contributed by atoms with E-state index in [2.05, 4.69) is 34.9 Å². The highest BCUT2D eigenvalue weighted by molar-refractivity contribution is 6.32. The van der Waals surface area contributed by atoms with Gasteiger partial charge in [0.15, 0.2) is 0 Å². The molecule has 0 saturated heterocycles. The van der Waals surface area contributed by atoms with E-state index < -0.39 is 0 Å². The van der Waals surface area contributed by atoms with Crippen molar-refractivity contribution in [3.8, 4) is 0 Å². The van der Waals surface area contributed by atoms with Crippen LogP contribution in [0.15, 0.2) is 58.1 Å². The standard InChI is InChI=1S/C23H26ClN3O/c1-5-25-22(18-9-7-6-8-14(18)2)19-13-17(10-11-20(19)24)27-23(28)21-15(3)12-16(4)26-21/h5,7,9-11,13,15,21H,2,6,8,12H2,1,3-4H3,(H,27,28)/b22-18-,25-5?. The van der Waals surface area contributed by atoms with E-state index in [1.807, 2.05) is 32.1 Å². The SMILES string of the molecule is C=C1CCC=C/C1=C(/N=CC)c1cc(NC(=O)C2N=C(C)CC2C)ccc1Cl. The van der Waals surface area contributed by atoms with Gasteiger partial charge in [-0.15, -0.1) is 0 Å². The highest BCUT2D eigenvalue weighted by atomic mass is 35.5. The fourth-order valence-corrected chi connectivity index (χ4v) is 3.89. The molecule has 28 heavy (non-hydrogen) atoms. The highest BCUT2D eigenvalue weighted by Gasteiger charge is 2.30. The Bertz CT molecular complexity index is 924. The molecule has 0 aromatic heterocycles. The number of hydrogen-bond acceptors (Lipinski definition) is 3. The number of hydrogen-bond donors (Lipinski definition) is 1. The molecule has 5 heteroatoms. The Morgan fingerprint density at radius 3 is 2.86 bits per heavy atom. The summed E-state index contributed by atoms with van der Waals surface area (Å²) in [6.07, 6.45) is 8.66. The number of aliphatic imine (C=N–C) groups is 2. The molecule has 4 nitrogen and oxygen atoms in total. The average molecular weight is 396 g/mol. The molecular weight excluding hydrogens is 370 g/mol. The number of anilines is 1. The molecule has 0 spiro atoms. The van der Waals surface area contributed by atoms with Crippen LogP contribution in [-0.4, -0.2) is 23.9 Å². The van der Waals surface area contributed by atoms with Crippen molar-refractivity contribution >= 4 is 40.8 Å². The van der Waals surface area contributed by atoms with Gasteiger partial charge in [0, 0.05) is 28.8 Å². The summed E-state index contributed by atoms with van der Waals surface area (Å²) in [5, 5.41) is 3.58. The molecule has 1 N–H and O–H groups in total. The predicted octanol–water partition coefficient (Wildman–Crippen LogP) is 5.86. The third-order valence-electron chi connectivity index (χ3n) is 5.07. The first-order valence-electron chi connectivity index (χ1n) is 9.62. The van der Waals surface area contributed by atoms with E-state index in [9.17, 15) is 4.79 Å². The summed E-state index contributed by atoms with van der Waals surface area (Å²) in [7, 11) is 0. The minimum atomic E-state index is -0.341. The number of nitrogens with zero attached hydrogens (tertiary/aromatic N) is 2. The van der Waals surface area contributed by atoms with E-state index in [1.54, 1.807) is 12.3 Å². The number of carbonyl (C=O) groups is 1. The Balaban J connectivity index is 1.96. The van der Waals surface area contributed by atoms with Crippen molar-refractivity contribution in [1.29, 1.82) is 0 Å². The van der Waals surface area contributed by atoms with Gasteiger partial charge in [0.1, 0.15) is 6.04 Å². The fourth-order valence-electron chi connectivity index (χ4n) is 3.68. The molecule has 0 bridgehead atoms. The maximum atomic E-state index is 12.7. The van der Waals surface area contributed by atoms with Crippen LogP contribution in [0.2, 0.25) is 5.02 Å². The van der Waals surface area contributed by atoms with Gasteiger partial charge in [-0.1, -0.05) is 37.3 Å². The Kier molecular flexibility index (Phi) is 6.30. The van der Waals surface area contributed by atoms with Gasteiger partial charge >= 0.3 is 0 Å². The summed E-state index contributed by atoms with van der Waals surface area (Å²) in [5.41, 5.74) is 5.28. The molecule has 1 aliphatic heterocycles. The molecule has 2 aliphatic rings. The lowest BCUT2D eigenvalue weighted by atomic mass is 9.93. The molecule has 3 rings (SSSR count). The second kappa shape index (κ2) is 8.70. The third kappa shape index (κ3) is 4.33. The van der Waals surface area contributed by atoms with Gasteiger partial charge in [-0.3, -0.25) is 14.8 Å². The smallest absolute Gasteiger partial charge is 0.249 e. The molecule has 0 fully saturated rings. The molecule has 1 amide bonds. The number of halogens is 1. The van der Waals surface area contributed by atoms with E-state index in [4.69, 9.17) is 11.6 Å². The fraction of sp³-hybridized carbons (Fsp3) is 0.348.